The van der Waals surface area contributed by atoms with E-state index in [1.54, 1.807) is 0 Å². The second kappa shape index (κ2) is 24.1. The molecule has 90 heavy (non-hydrogen) atoms. The molecule has 0 N–H and O–H groups in total. The van der Waals surface area contributed by atoms with Gasteiger partial charge >= 0.3 is 0 Å². The summed E-state index contributed by atoms with van der Waals surface area (Å²) < 4.78 is 15.2. The van der Waals surface area contributed by atoms with Gasteiger partial charge < -0.3 is 18.9 Å². The van der Waals surface area contributed by atoms with Crippen LogP contribution in [0.1, 0.15) is 83.0 Å². The number of ether oxygens (including phenoxy) is 2. The highest BCUT2D eigenvalue weighted by molar-refractivity contribution is 6.10. The molecule has 0 saturated heterocycles. The van der Waals surface area contributed by atoms with Crippen molar-refractivity contribution in [2.24, 2.45) is 0 Å². The summed E-state index contributed by atoms with van der Waals surface area (Å²) in [6.45, 7) is 9.14. The lowest BCUT2D eigenvalue weighted by atomic mass is 9.69. The van der Waals surface area contributed by atoms with Crippen molar-refractivity contribution >= 4 is 51.0 Å². The van der Waals surface area contributed by atoms with Gasteiger partial charge in [0.2, 0.25) is 0 Å². The average molecular weight is 1160 g/mol. The Morgan fingerprint density at radius 1 is 0.344 bits per heavy atom. The molecule has 0 spiro atoms. The fourth-order valence-corrected chi connectivity index (χ4v) is 14.9. The van der Waals surface area contributed by atoms with Crippen molar-refractivity contribution in [3.63, 3.8) is 0 Å². The van der Waals surface area contributed by atoms with Gasteiger partial charge in [0.15, 0.2) is 0 Å². The molecule has 2 aliphatic carbocycles. The van der Waals surface area contributed by atoms with Gasteiger partial charge in [0.1, 0.15) is 11.5 Å². The van der Waals surface area contributed by atoms with Crippen LogP contribution in [-0.2, 0) is 10.8 Å². The Morgan fingerprint density at radius 2 is 0.778 bits per heavy atom. The fraction of sp³-hybridized carbons (Fsp3) is 0.116. The second-order valence-electron chi connectivity index (χ2n) is 24.1. The third-order valence-electron chi connectivity index (χ3n) is 19.1. The van der Waals surface area contributed by atoms with E-state index in [0.717, 1.165) is 89.5 Å². The van der Waals surface area contributed by atoms with Gasteiger partial charge in [-0.15, -0.1) is 0 Å². The first-order valence-corrected chi connectivity index (χ1v) is 31.8. The molecule has 15 rings (SSSR count). The smallest absolute Gasteiger partial charge is 0.119 e. The van der Waals surface area contributed by atoms with Gasteiger partial charge in [0, 0.05) is 44.4 Å². The Bertz CT molecular complexity index is 4540. The number of aromatic nitrogens is 1. The third-order valence-corrected chi connectivity index (χ3v) is 19.1. The van der Waals surface area contributed by atoms with Crippen LogP contribution in [0.3, 0.4) is 0 Å². The molecule has 0 saturated carbocycles. The summed E-state index contributed by atoms with van der Waals surface area (Å²) in [5, 5.41) is 2.47. The molecule has 12 aromatic carbocycles. The number of anilines is 3. The van der Waals surface area contributed by atoms with Crippen molar-refractivity contribution in [1.29, 1.82) is 0 Å². The number of nitrogens with zero attached hydrogens (tertiary/aromatic N) is 2. The molecule has 0 amide bonds. The Balaban J connectivity index is 0.858. The number of rotatable bonds is 21. The molecule has 4 nitrogen and oxygen atoms in total. The Hall–Kier alpha value is -10.7. The quantitative estimate of drug-likeness (QED) is 0.0671. The summed E-state index contributed by atoms with van der Waals surface area (Å²) >= 11 is 0. The van der Waals surface area contributed by atoms with Crippen LogP contribution in [0.4, 0.5) is 17.1 Å². The SMILES string of the molecule is C=Cc1ccc(OCCCCC2(c3ccccc3)c3ccccc3-c3ccc(N(c4ccc(-c5ccc6c(c5)c5ccccc5n6-c5ccccc5)cc4)c4ccc5c(c4)C(CCCCOc4ccc(C=C)cc4)(c4ccccc4)c4ccccc4-5)cc32)cc1. The Kier molecular flexibility index (Phi) is 15.0. The van der Waals surface area contributed by atoms with Crippen LogP contribution in [-0.4, -0.2) is 17.8 Å². The highest BCUT2D eigenvalue weighted by Gasteiger charge is 2.46. The topological polar surface area (TPSA) is 26.6 Å². The highest BCUT2D eigenvalue weighted by atomic mass is 16.5. The first kappa shape index (κ1) is 55.9. The normalized spacial score (nSPS) is 15.2. The van der Waals surface area contributed by atoms with Crippen LogP contribution < -0.4 is 14.4 Å². The van der Waals surface area contributed by atoms with E-state index >= 15 is 0 Å². The van der Waals surface area contributed by atoms with E-state index in [1.165, 1.54) is 83.0 Å². The molecule has 13 aromatic rings. The maximum atomic E-state index is 6.39. The molecule has 436 valence electrons. The summed E-state index contributed by atoms with van der Waals surface area (Å²) in [5.74, 6) is 1.77. The van der Waals surface area contributed by atoms with Gasteiger partial charge in [0.05, 0.1) is 24.2 Å². The van der Waals surface area contributed by atoms with Crippen LogP contribution in [0.25, 0.3) is 73.0 Å². The standard InChI is InChI=1S/C86H70N2O2/c1-3-61-36-47-71(48-37-61)89-56-22-20-54-85(65-24-8-5-9-25-65)79-33-17-14-30-73(79)75-51-45-69(59-81(75)85)87(68-43-40-63(41-44-68)64-42-53-84-78(58-64)77-32-16-19-35-83(77)88(84)67-28-12-7-13-29-67)70-46-52-76-74-31-15-18-34-80(74)86(82(76)60-70,66-26-10-6-11-27-66)55-21-23-57-90-72-49-38-62(4-2)39-50-72/h3-19,24-53,58-60H,1-2,20-23,54-57H2. The maximum Gasteiger partial charge on any atom is 0.119 e. The molecule has 2 aliphatic rings. The van der Waals surface area contributed by atoms with Gasteiger partial charge in [-0.3, -0.25) is 0 Å². The van der Waals surface area contributed by atoms with Crippen LogP contribution in [0.15, 0.2) is 304 Å². The monoisotopic (exact) mass is 1160 g/mol. The van der Waals surface area contributed by atoms with E-state index in [0.29, 0.717) is 13.2 Å². The maximum absolute atomic E-state index is 6.39. The van der Waals surface area contributed by atoms with Gasteiger partial charge in [0.25, 0.3) is 0 Å². The summed E-state index contributed by atoms with van der Waals surface area (Å²) in [4.78, 5) is 2.52. The zero-order chi connectivity index (χ0) is 60.4. The average Bonchev–Trinajstić information content (AvgIpc) is 1.61. The fourth-order valence-electron chi connectivity index (χ4n) is 14.9. The summed E-state index contributed by atoms with van der Waals surface area (Å²) in [7, 11) is 0. The van der Waals surface area contributed by atoms with Crippen molar-refractivity contribution < 1.29 is 9.47 Å². The Morgan fingerprint density at radius 3 is 1.30 bits per heavy atom. The van der Waals surface area contributed by atoms with Crippen molar-refractivity contribution in [3.05, 3.63) is 349 Å². The highest BCUT2D eigenvalue weighted by Crippen LogP contribution is 2.59. The Labute approximate surface area is 528 Å². The molecular formula is C86H70N2O2. The van der Waals surface area contributed by atoms with Gasteiger partial charge in [-0.25, -0.2) is 0 Å². The largest absolute Gasteiger partial charge is 0.494 e. The number of hydrogen-bond acceptors (Lipinski definition) is 3. The number of benzene rings is 12. The van der Waals surface area contributed by atoms with Crippen molar-refractivity contribution in [3.8, 4) is 50.6 Å². The number of fused-ring (bicyclic) bond motifs is 9. The predicted molar refractivity (Wildman–Crippen MR) is 376 cm³/mol. The van der Waals surface area contributed by atoms with Gasteiger partial charge in [-0.1, -0.05) is 226 Å². The lowest BCUT2D eigenvalue weighted by Crippen LogP contribution is -2.28. The van der Waals surface area contributed by atoms with E-state index in [-0.39, 0.29) is 0 Å². The molecule has 1 aromatic heterocycles. The van der Waals surface area contributed by atoms with E-state index in [9.17, 15) is 0 Å². The van der Waals surface area contributed by atoms with Crippen LogP contribution >= 0.6 is 0 Å². The molecule has 2 unspecified atom stereocenters. The van der Waals surface area contributed by atoms with Gasteiger partial charge in [-0.05, 0) is 207 Å². The number of unbranched alkanes of at least 4 members (excludes halogenated alkanes) is 2. The zero-order valence-electron chi connectivity index (χ0n) is 50.6. The van der Waals surface area contributed by atoms with E-state index in [2.05, 4.69) is 290 Å². The predicted octanol–water partition coefficient (Wildman–Crippen LogP) is 22.3. The van der Waals surface area contributed by atoms with E-state index in [4.69, 9.17) is 9.47 Å². The summed E-state index contributed by atoms with van der Waals surface area (Å²) in [6, 6.07) is 108. The molecule has 0 radical (unpaired) electrons. The number of para-hydroxylation sites is 2. The van der Waals surface area contributed by atoms with E-state index in [1.807, 2.05) is 36.4 Å². The lowest BCUT2D eigenvalue weighted by Gasteiger charge is -2.35. The summed E-state index contributed by atoms with van der Waals surface area (Å²) in [5.41, 5.74) is 23.6. The molecule has 1 heterocycles. The molecule has 0 bridgehead atoms. The van der Waals surface area contributed by atoms with Gasteiger partial charge in [-0.2, -0.15) is 0 Å². The molecule has 4 heteroatoms. The minimum atomic E-state index is -0.423. The molecule has 2 atom stereocenters. The first-order valence-electron chi connectivity index (χ1n) is 31.8. The van der Waals surface area contributed by atoms with Crippen molar-refractivity contribution in [2.45, 2.75) is 49.4 Å². The van der Waals surface area contributed by atoms with Crippen molar-refractivity contribution in [1.82, 2.24) is 4.57 Å². The lowest BCUT2D eigenvalue weighted by molar-refractivity contribution is 0.301. The zero-order valence-corrected chi connectivity index (χ0v) is 50.6. The first-order chi connectivity index (χ1) is 44.5. The third kappa shape index (κ3) is 9.90. The van der Waals surface area contributed by atoms with Crippen LogP contribution in [0, 0.1) is 0 Å². The molecular weight excluding hydrogens is 1090 g/mol. The molecule has 0 fully saturated rings. The van der Waals surface area contributed by atoms with Crippen LogP contribution in [0.2, 0.25) is 0 Å². The van der Waals surface area contributed by atoms with Crippen LogP contribution in [0.5, 0.6) is 11.5 Å². The molecule has 0 aliphatic heterocycles. The minimum Gasteiger partial charge on any atom is -0.494 e. The second-order valence-corrected chi connectivity index (χ2v) is 24.1. The summed E-state index contributed by atoms with van der Waals surface area (Å²) in [6.07, 6.45) is 9.30. The van der Waals surface area contributed by atoms with E-state index < -0.39 is 10.8 Å². The van der Waals surface area contributed by atoms with Crippen molar-refractivity contribution in [2.75, 3.05) is 18.1 Å². The minimum absolute atomic E-state index is 0.423. The number of hydrogen-bond donors (Lipinski definition) is 0.